The summed E-state index contributed by atoms with van der Waals surface area (Å²) in [5.74, 6) is 3.72. The number of hydroxylamine groups is 1. The molecule has 2 saturated heterocycles. The van der Waals surface area contributed by atoms with E-state index in [1.165, 1.54) is 44.9 Å². The van der Waals surface area contributed by atoms with Crippen molar-refractivity contribution in [1.82, 2.24) is 30.3 Å². The van der Waals surface area contributed by atoms with Crippen molar-refractivity contribution in [2.45, 2.75) is 96.5 Å². The lowest BCUT2D eigenvalue weighted by molar-refractivity contribution is 0.00228. The number of aromatic nitrogens is 4. The average molecular weight is 528 g/mol. The molecular formula is C27H41N7O4. The number of carbonyl (C=O) groups excluding carboxylic acids is 1. The highest BCUT2D eigenvalue weighted by Crippen LogP contribution is 2.37. The van der Waals surface area contributed by atoms with Gasteiger partial charge in [-0.3, -0.25) is 5.32 Å². The quantitative estimate of drug-likeness (QED) is 0.402. The average Bonchev–Trinajstić information content (AvgIpc) is 3.48. The Balaban J connectivity index is 1.43. The molecule has 4 fully saturated rings. The summed E-state index contributed by atoms with van der Waals surface area (Å²) in [6.07, 6.45) is 8.14. The Labute approximate surface area is 223 Å². The van der Waals surface area contributed by atoms with E-state index >= 15 is 0 Å². The van der Waals surface area contributed by atoms with Crippen LogP contribution in [-0.2, 0) is 16.1 Å². The second-order valence-electron chi connectivity index (χ2n) is 11.9. The van der Waals surface area contributed by atoms with Gasteiger partial charge >= 0.3 is 6.09 Å². The van der Waals surface area contributed by atoms with Gasteiger partial charge in [-0.15, -0.1) is 5.48 Å². The summed E-state index contributed by atoms with van der Waals surface area (Å²) in [7, 11) is 0. The van der Waals surface area contributed by atoms with Gasteiger partial charge in [0.25, 0.3) is 0 Å². The van der Waals surface area contributed by atoms with Crippen molar-refractivity contribution in [2.75, 3.05) is 18.5 Å². The summed E-state index contributed by atoms with van der Waals surface area (Å²) in [5.41, 5.74) is 4.04. The Morgan fingerprint density at radius 2 is 1.82 bits per heavy atom. The van der Waals surface area contributed by atoms with Crippen molar-refractivity contribution in [3.05, 3.63) is 11.6 Å². The third kappa shape index (κ3) is 5.20. The van der Waals surface area contributed by atoms with Crippen LogP contribution in [0.4, 0.5) is 10.6 Å². The fourth-order valence-electron chi connectivity index (χ4n) is 6.40. The molecule has 2 aromatic rings. The van der Waals surface area contributed by atoms with Crippen LogP contribution in [0, 0.1) is 23.7 Å². The number of ether oxygens (including phenoxy) is 1. The van der Waals surface area contributed by atoms with Crippen LogP contribution < -0.4 is 16.1 Å². The number of hydrogen-bond donors (Lipinski definition) is 4. The molecule has 11 nitrogen and oxygen atoms in total. The molecule has 0 spiro atoms. The van der Waals surface area contributed by atoms with Gasteiger partial charge in [0.2, 0.25) is 0 Å². The van der Waals surface area contributed by atoms with Gasteiger partial charge in [-0.1, -0.05) is 26.2 Å². The van der Waals surface area contributed by atoms with Crippen molar-refractivity contribution in [2.24, 2.45) is 23.7 Å². The maximum Gasteiger partial charge on any atom is 0.427 e. The summed E-state index contributed by atoms with van der Waals surface area (Å²) in [6.45, 7) is 6.64. The predicted molar refractivity (Wildman–Crippen MR) is 141 cm³/mol. The molecule has 0 radical (unpaired) electrons. The van der Waals surface area contributed by atoms with Crippen LogP contribution in [0.25, 0.3) is 11.2 Å². The number of fused-ring (bicyclic) bond motifs is 1. The molecule has 2 aliphatic carbocycles. The zero-order valence-corrected chi connectivity index (χ0v) is 22.5. The van der Waals surface area contributed by atoms with Crippen LogP contribution in [0.5, 0.6) is 0 Å². The van der Waals surface area contributed by atoms with E-state index in [0.717, 1.165) is 30.8 Å². The first-order valence-electron chi connectivity index (χ1n) is 14.5. The highest BCUT2D eigenvalue weighted by Gasteiger charge is 2.34. The summed E-state index contributed by atoms with van der Waals surface area (Å²) in [5, 5.41) is 18.0. The van der Waals surface area contributed by atoms with E-state index in [0.29, 0.717) is 48.2 Å². The standard InChI is InChI=1S/C27H41N7O4/c1-15-6-8-17(9-7-15)14-34-20-22(28-16(2)18-4-3-5-18)29-24(25-32-27(36)38-33-25)30-23(20)31-26(34)21(35)19-10-12-37-13-11-19/h15-19,21,25,33,35H,3-14H2,1-2H3,(H,32,36)(H,28,29,30)/t15?,16-,17?,21?,25?/m1/s1. The third-order valence-electron chi connectivity index (χ3n) is 9.21. The molecule has 3 atom stereocenters. The minimum Gasteiger partial charge on any atom is -0.385 e. The number of carbonyl (C=O) groups is 1. The van der Waals surface area contributed by atoms with Crippen LogP contribution in [0.2, 0.25) is 0 Å². The van der Waals surface area contributed by atoms with Gasteiger partial charge in [0.1, 0.15) is 17.4 Å². The highest BCUT2D eigenvalue weighted by atomic mass is 16.7. The Bertz CT molecular complexity index is 1140. The number of aliphatic hydroxyl groups is 1. The Kier molecular flexibility index (Phi) is 7.41. The first-order valence-corrected chi connectivity index (χ1v) is 14.5. The van der Waals surface area contributed by atoms with Crippen LogP contribution >= 0.6 is 0 Å². The maximum atomic E-state index is 11.7. The molecule has 2 aliphatic heterocycles. The summed E-state index contributed by atoms with van der Waals surface area (Å²) in [4.78, 5) is 31.3. The molecule has 4 N–H and O–H groups in total. The van der Waals surface area contributed by atoms with Crippen molar-refractivity contribution in [3.8, 4) is 0 Å². The lowest BCUT2D eigenvalue weighted by Gasteiger charge is -2.33. The SMILES string of the molecule is CC1CCC(Cn2c(C(O)C3CCOCC3)nc3nc(C4NOC(=O)N4)nc(N[C@H](C)C4CCC4)c32)CC1. The number of imidazole rings is 1. The summed E-state index contributed by atoms with van der Waals surface area (Å²) < 4.78 is 7.77. The van der Waals surface area contributed by atoms with Crippen LogP contribution in [0.15, 0.2) is 0 Å². The van der Waals surface area contributed by atoms with E-state index in [-0.39, 0.29) is 12.0 Å². The minimum atomic E-state index is -0.705. The maximum absolute atomic E-state index is 11.7. The number of aliphatic hydroxyl groups excluding tert-OH is 1. The number of anilines is 1. The number of nitrogens with zero attached hydrogens (tertiary/aromatic N) is 4. The third-order valence-corrected chi connectivity index (χ3v) is 9.21. The normalized spacial score (nSPS) is 28.5. The number of amides is 1. The largest absolute Gasteiger partial charge is 0.427 e. The van der Waals surface area contributed by atoms with Crippen LogP contribution in [0.3, 0.4) is 0 Å². The van der Waals surface area contributed by atoms with Gasteiger partial charge in [0.05, 0.1) is 0 Å². The second-order valence-corrected chi connectivity index (χ2v) is 11.9. The zero-order chi connectivity index (χ0) is 26.2. The molecule has 6 rings (SSSR count). The lowest BCUT2D eigenvalue weighted by atomic mass is 9.80. The summed E-state index contributed by atoms with van der Waals surface area (Å²) in [6, 6.07) is 0.236. The van der Waals surface area contributed by atoms with Crippen LogP contribution in [0.1, 0.15) is 95.6 Å². The topological polar surface area (TPSA) is 135 Å². The molecule has 1 amide bonds. The van der Waals surface area contributed by atoms with Gasteiger partial charge < -0.3 is 24.6 Å². The predicted octanol–water partition coefficient (Wildman–Crippen LogP) is 3.96. The van der Waals surface area contributed by atoms with Gasteiger partial charge in [-0.05, 0) is 69.1 Å². The van der Waals surface area contributed by atoms with Gasteiger partial charge in [-0.25, -0.2) is 19.7 Å². The highest BCUT2D eigenvalue weighted by molar-refractivity contribution is 5.84. The van der Waals surface area contributed by atoms with Gasteiger partial charge in [0.15, 0.2) is 23.5 Å². The van der Waals surface area contributed by atoms with E-state index in [1.807, 2.05) is 0 Å². The molecule has 4 heterocycles. The van der Waals surface area contributed by atoms with E-state index < -0.39 is 18.4 Å². The van der Waals surface area contributed by atoms with E-state index in [1.54, 1.807) is 0 Å². The van der Waals surface area contributed by atoms with E-state index in [4.69, 9.17) is 24.5 Å². The van der Waals surface area contributed by atoms with E-state index in [2.05, 4.69) is 34.5 Å². The van der Waals surface area contributed by atoms with E-state index in [9.17, 15) is 9.90 Å². The molecule has 11 heteroatoms. The molecule has 38 heavy (non-hydrogen) atoms. The van der Waals surface area contributed by atoms with Gasteiger partial charge in [0, 0.05) is 25.8 Å². The molecule has 2 saturated carbocycles. The second kappa shape index (κ2) is 10.9. The molecule has 0 aromatic carbocycles. The molecule has 0 bridgehead atoms. The Morgan fingerprint density at radius 3 is 2.47 bits per heavy atom. The summed E-state index contributed by atoms with van der Waals surface area (Å²) >= 11 is 0. The first kappa shape index (κ1) is 25.8. The van der Waals surface area contributed by atoms with Crippen LogP contribution in [-0.4, -0.2) is 50.0 Å². The smallest absolute Gasteiger partial charge is 0.385 e. The number of rotatable bonds is 8. The Morgan fingerprint density at radius 1 is 1.05 bits per heavy atom. The minimum absolute atomic E-state index is 0.0904. The van der Waals surface area contributed by atoms with Crippen molar-refractivity contribution in [1.29, 1.82) is 0 Å². The molecular weight excluding hydrogens is 486 g/mol. The molecule has 2 aromatic heterocycles. The number of hydrogen-bond acceptors (Lipinski definition) is 9. The number of nitrogens with one attached hydrogen (secondary N) is 3. The fourth-order valence-corrected chi connectivity index (χ4v) is 6.40. The zero-order valence-electron chi connectivity index (χ0n) is 22.5. The monoisotopic (exact) mass is 527 g/mol. The van der Waals surface area contributed by atoms with Crippen molar-refractivity contribution >= 4 is 23.1 Å². The lowest BCUT2D eigenvalue weighted by Crippen LogP contribution is -2.32. The van der Waals surface area contributed by atoms with Crippen molar-refractivity contribution in [3.63, 3.8) is 0 Å². The van der Waals surface area contributed by atoms with Gasteiger partial charge in [-0.2, -0.15) is 0 Å². The molecule has 208 valence electrons. The first-order chi connectivity index (χ1) is 18.5. The molecule has 2 unspecified atom stereocenters. The Hall–Kier alpha value is -2.50. The molecule has 4 aliphatic rings. The van der Waals surface area contributed by atoms with Crippen molar-refractivity contribution < 1.29 is 19.5 Å². The fraction of sp³-hybridized carbons (Fsp3) is 0.778.